The molecule has 0 amide bonds. The Morgan fingerprint density at radius 1 is 1.10 bits per heavy atom. The first-order chi connectivity index (χ1) is 9.45. The van der Waals surface area contributed by atoms with Crippen molar-refractivity contribution in [1.82, 2.24) is 4.72 Å². The summed E-state index contributed by atoms with van der Waals surface area (Å²) in [6.07, 6.45) is 3.10. The minimum absolute atomic E-state index is 0.318. The fourth-order valence-corrected chi connectivity index (χ4v) is 2.95. The number of hydrogen-bond donors (Lipinski definition) is 2. The fourth-order valence-electron chi connectivity index (χ4n) is 1.81. The number of nitrogens with one attached hydrogen (secondary N) is 2. The molecule has 20 heavy (non-hydrogen) atoms. The predicted octanol–water partition coefficient (Wildman–Crippen LogP) is 3.22. The molecule has 0 spiro atoms. The van der Waals surface area contributed by atoms with Crippen LogP contribution in [0.25, 0.3) is 0 Å². The van der Waals surface area contributed by atoms with Crippen LogP contribution in [0.15, 0.2) is 29.2 Å². The molecule has 0 aliphatic heterocycles. The average molecular weight is 298 g/mol. The lowest BCUT2D eigenvalue weighted by Gasteiger charge is -2.09. The number of hydrogen-bond acceptors (Lipinski definition) is 3. The highest BCUT2D eigenvalue weighted by atomic mass is 32.2. The van der Waals surface area contributed by atoms with Gasteiger partial charge in [-0.05, 0) is 49.4 Å². The van der Waals surface area contributed by atoms with Gasteiger partial charge in [0.2, 0.25) is 10.0 Å². The lowest BCUT2D eigenvalue weighted by Crippen LogP contribution is -2.24. The van der Waals surface area contributed by atoms with E-state index in [0.29, 0.717) is 17.4 Å². The van der Waals surface area contributed by atoms with Crippen LogP contribution in [0.3, 0.4) is 0 Å². The normalized spacial score (nSPS) is 11.8. The Hall–Kier alpha value is -1.07. The van der Waals surface area contributed by atoms with Gasteiger partial charge in [-0.25, -0.2) is 13.1 Å². The Balaban J connectivity index is 2.52. The van der Waals surface area contributed by atoms with Gasteiger partial charge in [0.1, 0.15) is 0 Å². The summed E-state index contributed by atoms with van der Waals surface area (Å²) in [7, 11) is -3.35. The van der Waals surface area contributed by atoms with Crippen LogP contribution in [-0.2, 0) is 10.0 Å². The van der Waals surface area contributed by atoms with Crippen molar-refractivity contribution in [3.8, 4) is 0 Å². The molecule has 114 valence electrons. The molecule has 0 aromatic heterocycles. The summed E-state index contributed by atoms with van der Waals surface area (Å²) in [5.41, 5.74) is 0.961. The third-order valence-corrected chi connectivity index (χ3v) is 4.47. The molecule has 0 radical (unpaired) electrons. The SMILES string of the molecule is CCCNS(=O)(=O)c1ccc(NCCCC(C)C)cc1. The number of benzene rings is 1. The lowest BCUT2D eigenvalue weighted by molar-refractivity contribution is 0.567. The summed E-state index contributed by atoms with van der Waals surface area (Å²) in [4.78, 5) is 0.318. The van der Waals surface area contributed by atoms with Crippen molar-refractivity contribution >= 4 is 15.7 Å². The maximum Gasteiger partial charge on any atom is 0.240 e. The topological polar surface area (TPSA) is 58.2 Å². The monoisotopic (exact) mass is 298 g/mol. The molecule has 5 heteroatoms. The first kappa shape index (κ1) is 17.0. The molecule has 1 aromatic carbocycles. The smallest absolute Gasteiger partial charge is 0.240 e. The molecular weight excluding hydrogens is 272 g/mol. The van der Waals surface area contributed by atoms with Gasteiger partial charge in [-0.1, -0.05) is 20.8 Å². The van der Waals surface area contributed by atoms with E-state index in [1.807, 2.05) is 19.1 Å². The number of anilines is 1. The molecule has 0 bridgehead atoms. The highest BCUT2D eigenvalue weighted by molar-refractivity contribution is 7.89. The molecule has 1 rings (SSSR count). The van der Waals surface area contributed by atoms with Crippen molar-refractivity contribution in [2.75, 3.05) is 18.4 Å². The van der Waals surface area contributed by atoms with Gasteiger partial charge in [-0.3, -0.25) is 0 Å². The Bertz CT molecular complexity index is 481. The maximum absolute atomic E-state index is 11.9. The van der Waals surface area contributed by atoms with Crippen molar-refractivity contribution in [2.24, 2.45) is 5.92 Å². The second kappa shape index (κ2) is 8.27. The maximum atomic E-state index is 11.9. The van der Waals surface area contributed by atoms with E-state index in [1.54, 1.807) is 12.1 Å². The van der Waals surface area contributed by atoms with Crippen molar-refractivity contribution in [3.05, 3.63) is 24.3 Å². The van der Waals surface area contributed by atoms with Crippen LogP contribution >= 0.6 is 0 Å². The third-order valence-electron chi connectivity index (χ3n) is 2.99. The van der Waals surface area contributed by atoms with Gasteiger partial charge >= 0.3 is 0 Å². The molecule has 0 aliphatic carbocycles. The fraction of sp³-hybridized carbons (Fsp3) is 0.600. The summed E-state index contributed by atoms with van der Waals surface area (Å²) in [6.45, 7) is 7.74. The Morgan fingerprint density at radius 3 is 2.30 bits per heavy atom. The molecule has 2 N–H and O–H groups in total. The van der Waals surface area contributed by atoms with Gasteiger partial charge in [-0.15, -0.1) is 0 Å². The van der Waals surface area contributed by atoms with E-state index in [4.69, 9.17) is 0 Å². The van der Waals surface area contributed by atoms with Gasteiger partial charge in [0.15, 0.2) is 0 Å². The van der Waals surface area contributed by atoms with E-state index >= 15 is 0 Å². The zero-order valence-electron chi connectivity index (χ0n) is 12.6. The van der Waals surface area contributed by atoms with E-state index in [1.165, 1.54) is 6.42 Å². The zero-order valence-corrected chi connectivity index (χ0v) is 13.5. The average Bonchev–Trinajstić information content (AvgIpc) is 2.42. The van der Waals surface area contributed by atoms with Crippen LogP contribution in [0, 0.1) is 5.92 Å². The van der Waals surface area contributed by atoms with Gasteiger partial charge in [-0.2, -0.15) is 0 Å². The summed E-state index contributed by atoms with van der Waals surface area (Å²) >= 11 is 0. The molecule has 0 atom stereocenters. The minimum atomic E-state index is -3.35. The van der Waals surface area contributed by atoms with Crippen molar-refractivity contribution < 1.29 is 8.42 Å². The summed E-state index contributed by atoms with van der Waals surface area (Å²) in [5, 5.41) is 3.31. The minimum Gasteiger partial charge on any atom is -0.385 e. The van der Waals surface area contributed by atoms with Crippen LogP contribution in [-0.4, -0.2) is 21.5 Å². The van der Waals surface area contributed by atoms with Gasteiger partial charge in [0.25, 0.3) is 0 Å². The van der Waals surface area contributed by atoms with E-state index < -0.39 is 10.0 Å². The van der Waals surface area contributed by atoms with Crippen molar-refractivity contribution in [1.29, 1.82) is 0 Å². The molecule has 0 saturated carbocycles. The molecule has 0 saturated heterocycles. The first-order valence-electron chi connectivity index (χ1n) is 7.29. The van der Waals surface area contributed by atoms with Crippen LogP contribution < -0.4 is 10.0 Å². The van der Waals surface area contributed by atoms with Crippen molar-refractivity contribution in [2.45, 2.75) is 44.9 Å². The van der Waals surface area contributed by atoms with Gasteiger partial charge in [0, 0.05) is 18.8 Å². The van der Waals surface area contributed by atoms with Gasteiger partial charge in [0.05, 0.1) is 4.90 Å². The molecule has 0 heterocycles. The van der Waals surface area contributed by atoms with Crippen LogP contribution in [0.1, 0.15) is 40.0 Å². The van der Waals surface area contributed by atoms with Crippen LogP contribution in [0.5, 0.6) is 0 Å². The second-order valence-electron chi connectivity index (χ2n) is 5.39. The standard InChI is InChI=1S/C15H26N2O2S/c1-4-11-17-20(18,19)15-9-7-14(8-10-15)16-12-5-6-13(2)3/h7-10,13,16-17H,4-6,11-12H2,1-3H3. The van der Waals surface area contributed by atoms with Crippen LogP contribution in [0.2, 0.25) is 0 Å². The van der Waals surface area contributed by atoms with E-state index in [-0.39, 0.29) is 0 Å². The van der Waals surface area contributed by atoms with E-state index in [2.05, 4.69) is 23.9 Å². The predicted molar refractivity (Wildman–Crippen MR) is 84.5 cm³/mol. The molecule has 0 aliphatic rings. The zero-order chi connectivity index (χ0) is 15.0. The van der Waals surface area contributed by atoms with Crippen LogP contribution in [0.4, 0.5) is 5.69 Å². The summed E-state index contributed by atoms with van der Waals surface area (Å²) < 4.78 is 26.4. The van der Waals surface area contributed by atoms with Gasteiger partial charge < -0.3 is 5.32 Å². The largest absolute Gasteiger partial charge is 0.385 e. The molecule has 4 nitrogen and oxygen atoms in total. The third kappa shape index (κ3) is 5.92. The number of rotatable bonds is 9. The second-order valence-corrected chi connectivity index (χ2v) is 7.15. The Morgan fingerprint density at radius 2 is 1.75 bits per heavy atom. The summed E-state index contributed by atoms with van der Waals surface area (Å²) in [5.74, 6) is 0.717. The highest BCUT2D eigenvalue weighted by Crippen LogP contribution is 2.14. The quantitative estimate of drug-likeness (QED) is 0.688. The molecule has 1 aromatic rings. The van der Waals surface area contributed by atoms with Crippen molar-refractivity contribution in [3.63, 3.8) is 0 Å². The molecular formula is C15H26N2O2S. The first-order valence-corrected chi connectivity index (χ1v) is 8.77. The Labute approximate surface area is 123 Å². The lowest BCUT2D eigenvalue weighted by atomic mass is 10.1. The molecule has 0 fully saturated rings. The Kier molecular flexibility index (Phi) is 7.02. The number of sulfonamides is 1. The molecule has 0 unspecified atom stereocenters. The highest BCUT2D eigenvalue weighted by Gasteiger charge is 2.12. The van der Waals surface area contributed by atoms with E-state index in [0.717, 1.165) is 25.1 Å². The summed E-state index contributed by atoms with van der Waals surface area (Å²) in [6, 6.07) is 6.91. The van der Waals surface area contributed by atoms with E-state index in [9.17, 15) is 8.42 Å².